The van der Waals surface area contributed by atoms with Gasteiger partial charge in [-0.25, -0.2) is 4.98 Å². The van der Waals surface area contributed by atoms with E-state index in [1.807, 2.05) is 23.1 Å². The molecule has 0 saturated carbocycles. The van der Waals surface area contributed by atoms with Crippen LogP contribution in [0.2, 0.25) is 0 Å². The van der Waals surface area contributed by atoms with Crippen LogP contribution >= 0.6 is 11.5 Å². The quantitative estimate of drug-likeness (QED) is 0.823. The number of hydrogen-bond acceptors (Lipinski definition) is 5. The van der Waals surface area contributed by atoms with Crippen molar-refractivity contribution in [3.63, 3.8) is 0 Å². The third kappa shape index (κ3) is 4.81. The first-order chi connectivity index (χ1) is 12.3. The molecule has 26 heavy (non-hydrogen) atoms. The van der Waals surface area contributed by atoms with Gasteiger partial charge in [-0.05, 0) is 17.9 Å². The lowest BCUT2D eigenvalue weighted by Crippen LogP contribution is -2.54. The standard InChI is InChI=1S/C20H28N4OS/c1-15-14-23(10-11-24(15)18(25)13-20(2,3)4)19-21-17(22-26-19)12-16-8-6-5-7-9-16/h5-9,15H,10-14H2,1-4H3. The summed E-state index contributed by atoms with van der Waals surface area (Å²) in [6.07, 6.45) is 1.36. The summed E-state index contributed by atoms with van der Waals surface area (Å²) in [5, 5.41) is 0.964. The number of benzene rings is 1. The molecule has 0 spiro atoms. The van der Waals surface area contributed by atoms with Crippen LogP contribution in [0.5, 0.6) is 0 Å². The molecule has 1 aliphatic heterocycles. The van der Waals surface area contributed by atoms with Gasteiger partial charge in [-0.3, -0.25) is 4.79 Å². The second-order valence-electron chi connectivity index (χ2n) is 8.28. The van der Waals surface area contributed by atoms with Crippen LogP contribution in [0.25, 0.3) is 0 Å². The summed E-state index contributed by atoms with van der Waals surface area (Å²) >= 11 is 1.46. The molecule has 1 aromatic carbocycles. The van der Waals surface area contributed by atoms with Crippen molar-refractivity contribution < 1.29 is 4.79 Å². The average molecular weight is 373 g/mol. The Balaban J connectivity index is 1.60. The van der Waals surface area contributed by atoms with Gasteiger partial charge in [0.2, 0.25) is 11.0 Å². The molecular formula is C20H28N4OS. The Kier molecular flexibility index (Phi) is 5.61. The van der Waals surface area contributed by atoms with E-state index in [1.165, 1.54) is 17.1 Å². The van der Waals surface area contributed by atoms with E-state index in [4.69, 9.17) is 4.98 Å². The van der Waals surface area contributed by atoms with Crippen LogP contribution in [-0.2, 0) is 11.2 Å². The van der Waals surface area contributed by atoms with Gasteiger partial charge >= 0.3 is 0 Å². The van der Waals surface area contributed by atoms with Gasteiger partial charge in [-0.1, -0.05) is 51.1 Å². The molecule has 1 aliphatic rings. The highest BCUT2D eigenvalue weighted by Crippen LogP contribution is 2.25. The Morgan fingerprint density at radius 2 is 1.96 bits per heavy atom. The molecule has 6 heteroatoms. The highest BCUT2D eigenvalue weighted by Gasteiger charge is 2.30. The van der Waals surface area contributed by atoms with E-state index in [9.17, 15) is 4.79 Å². The number of carbonyl (C=O) groups is 1. The van der Waals surface area contributed by atoms with Crippen LogP contribution in [0.1, 0.15) is 45.5 Å². The first kappa shape index (κ1) is 18.8. The maximum absolute atomic E-state index is 12.6. The van der Waals surface area contributed by atoms with Crippen molar-refractivity contribution in [1.29, 1.82) is 0 Å². The highest BCUT2D eigenvalue weighted by atomic mass is 32.1. The minimum absolute atomic E-state index is 0.0273. The summed E-state index contributed by atoms with van der Waals surface area (Å²) in [6, 6.07) is 10.5. The average Bonchev–Trinajstić information content (AvgIpc) is 3.02. The molecule has 0 N–H and O–H groups in total. The molecule has 1 saturated heterocycles. The van der Waals surface area contributed by atoms with E-state index in [0.29, 0.717) is 6.42 Å². The third-order valence-electron chi connectivity index (χ3n) is 4.56. The molecule has 1 unspecified atom stereocenters. The zero-order valence-corrected chi connectivity index (χ0v) is 16.9. The molecule has 0 aliphatic carbocycles. The molecule has 1 fully saturated rings. The van der Waals surface area contributed by atoms with Crippen LogP contribution in [0, 0.1) is 5.41 Å². The molecule has 1 amide bonds. The summed E-state index contributed by atoms with van der Waals surface area (Å²) in [5.41, 5.74) is 1.25. The third-order valence-corrected chi connectivity index (χ3v) is 5.38. The van der Waals surface area contributed by atoms with Crippen molar-refractivity contribution in [3.8, 4) is 0 Å². The van der Waals surface area contributed by atoms with Crippen LogP contribution in [0.4, 0.5) is 5.13 Å². The van der Waals surface area contributed by atoms with Gasteiger partial charge in [0.1, 0.15) is 5.82 Å². The maximum Gasteiger partial charge on any atom is 0.223 e. The minimum atomic E-state index is 0.0273. The van der Waals surface area contributed by atoms with E-state index < -0.39 is 0 Å². The smallest absolute Gasteiger partial charge is 0.223 e. The van der Waals surface area contributed by atoms with Crippen molar-refractivity contribution in [1.82, 2.24) is 14.3 Å². The number of aromatic nitrogens is 2. The van der Waals surface area contributed by atoms with Gasteiger partial charge in [0.25, 0.3) is 0 Å². The second-order valence-corrected chi connectivity index (χ2v) is 9.01. The number of rotatable bonds is 4. The topological polar surface area (TPSA) is 49.3 Å². The fraction of sp³-hybridized carbons (Fsp3) is 0.550. The summed E-state index contributed by atoms with van der Waals surface area (Å²) in [6.45, 7) is 10.8. The Bertz CT molecular complexity index is 738. The summed E-state index contributed by atoms with van der Waals surface area (Å²) < 4.78 is 4.52. The fourth-order valence-corrected chi connectivity index (χ4v) is 4.00. The first-order valence-electron chi connectivity index (χ1n) is 9.23. The molecule has 2 aromatic rings. The van der Waals surface area contributed by atoms with E-state index in [2.05, 4.69) is 49.1 Å². The van der Waals surface area contributed by atoms with Crippen molar-refractivity contribution in [3.05, 3.63) is 41.7 Å². The Hall–Kier alpha value is -1.95. The summed E-state index contributed by atoms with van der Waals surface area (Å²) in [4.78, 5) is 21.6. The maximum atomic E-state index is 12.6. The zero-order chi connectivity index (χ0) is 18.7. The summed E-state index contributed by atoms with van der Waals surface area (Å²) in [5.74, 6) is 1.13. The number of piperazine rings is 1. The second kappa shape index (κ2) is 7.74. The monoisotopic (exact) mass is 372 g/mol. The van der Waals surface area contributed by atoms with Crippen LogP contribution < -0.4 is 4.90 Å². The van der Waals surface area contributed by atoms with Gasteiger partial charge < -0.3 is 9.80 Å². The van der Waals surface area contributed by atoms with Crippen molar-refractivity contribution in [2.24, 2.45) is 5.41 Å². The minimum Gasteiger partial charge on any atom is -0.343 e. The molecular weight excluding hydrogens is 344 g/mol. The molecule has 1 aromatic heterocycles. The van der Waals surface area contributed by atoms with Gasteiger partial charge in [0.15, 0.2) is 0 Å². The lowest BCUT2D eigenvalue weighted by Gasteiger charge is -2.40. The van der Waals surface area contributed by atoms with Crippen molar-refractivity contribution in [2.75, 3.05) is 24.5 Å². The number of amides is 1. The highest BCUT2D eigenvalue weighted by molar-refractivity contribution is 7.09. The number of carbonyl (C=O) groups excluding carboxylic acids is 1. The Morgan fingerprint density at radius 3 is 2.62 bits per heavy atom. The van der Waals surface area contributed by atoms with E-state index >= 15 is 0 Å². The largest absolute Gasteiger partial charge is 0.343 e. The molecule has 0 bridgehead atoms. The first-order valence-corrected chi connectivity index (χ1v) is 10.00. The molecule has 0 radical (unpaired) electrons. The number of nitrogens with zero attached hydrogens (tertiary/aromatic N) is 4. The SMILES string of the molecule is CC1CN(c2nc(Cc3ccccc3)ns2)CCN1C(=O)CC(C)(C)C. The fourth-order valence-electron chi connectivity index (χ4n) is 3.28. The zero-order valence-electron chi connectivity index (χ0n) is 16.1. The molecule has 3 rings (SSSR count). The van der Waals surface area contributed by atoms with Crippen LogP contribution in [0.3, 0.4) is 0 Å². The number of hydrogen-bond donors (Lipinski definition) is 0. The van der Waals surface area contributed by atoms with Gasteiger partial charge in [-0.15, -0.1) is 0 Å². The van der Waals surface area contributed by atoms with Crippen molar-refractivity contribution >= 4 is 22.6 Å². The van der Waals surface area contributed by atoms with E-state index in [-0.39, 0.29) is 17.4 Å². The van der Waals surface area contributed by atoms with Crippen molar-refractivity contribution in [2.45, 2.75) is 46.6 Å². The Labute approximate surface area is 160 Å². The lowest BCUT2D eigenvalue weighted by atomic mass is 9.91. The molecule has 5 nitrogen and oxygen atoms in total. The van der Waals surface area contributed by atoms with Gasteiger partial charge in [-0.2, -0.15) is 4.37 Å². The van der Waals surface area contributed by atoms with Crippen LogP contribution in [0.15, 0.2) is 30.3 Å². The number of anilines is 1. The van der Waals surface area contributed by atoms with Gasteiger partial charge in [0.05, 0.1) is 0 Å². The molecule has 1 atom stereocenters. The molecule has 140 valence electrons. The molecule has 2 heterocycles. The predicted molar refractivity (Wildman–Crippen MR) is 107 cm³/mol. The van der Waals surface area contributed by atoms with Gasteiger partial charge in [0, 0.05) is 50.1 Å². The van der Waals surface area contributed by atoms with E-state index in [0.717, 1.165) is 37.0 Å². The van der Waals surface area contributed by atoms with Crippen LogP contribution in [-0.4, -0.2) is 45.8 Å². The normalized spacial score (nSPS) is 18.2. The summed E-state index contributed by atoms with van der Waals surface area (Å²) in [7, 11) is 0. The van der Waals surface area contributed by atoms with E-state index in [1.54, 1.807) is 0 Å². The lowest BCUT2D eigenvalue weighted by molar-refractivity contribution is -0.135. The Morgan fingerprint density at radius 1 is 1.23 bits per heavy atom. The predicted octanol–water partition coefficient (Wildman–Crippen LogP) is 3.60.